The summed E-state index contributed by atoms with van der Waals surface area (Å²) in [6.07, 6.45) is 2.32. The molecule has 4 heterocycles. The van der Waals surface area contributed by atoms with Crippen molar-refractivity contribution in [1.29, 1.82) is 0 Å². The largest absolute Gasteiger partial charge is 0.456 e. The zero-order chi connectivity index (χ0) is 46.4. The zero-order valence-electron chi connectivity index (χ0n) is 40.6. The van der Waals surface area contributed by atoms with Gasteiger partial charge in [0.05, 0.1) is 5.52 Å². The molecule has 3 aromatic heterocycles. The average molecular weight is 883 g/mol. The third-order valence-corrected chi connectivity index (χ3v) is 16.8. The number of nitrogens with zero attached hydrogens (tertiary/aromatic N) is 1. The highest BCUT2D eigenvalue weighted by atomic mass is 16.3. The number of furan rings is 2. The van der Waals surface area contributed by atoms with Crippen molar-refractivity contribution >= 4 is 95.3 Å². The van der Waals surface area contributed by atoms with Crippen LogP contribution in [-0.4, -0.2) is 11.8 Å². The summed E-state index contributed by atoms with van der Waals surface area (Å²) < 4.78 is 16.2. The summed E-state index contributed by atoms with van der Waals surface area (Å²) in [6, 6.07) is 50.4. The third kappa shape index (κ3) is 5.39. The van der Waals surface area contributed by atoms with Gasteiger partial charge in [-0.25, -0.2) is 0 Å². The van der Waals surface area contributed by atoms with E-state index in [0.717, 1.165) is 75.6 Å². The van der Waals surface area contributed by atoms with Crippen LogP contribution in [0.15, 0.2) is 142 Å². The maximum absolute atomic E-state index is 7.04. The number of para-hydroxylation sites is 1. The van der Waals surface area contributed by atoms with Crippen LogP contribution in [0, 0.1) is 0 Å². The molecule has 0 bridgehead atoms. The first-order chi connectivity index (χ1) is 32.5. The van der Waals surface area contributed by atoms with Crippen LogP contribution in [0.3, 0.4) is 0 Å². The Morgan fingerprint density at radius 2 is 1.22 bits per heavy atom. The minimum atomic E-state index is -0.117. The van der Waals surface area contributed by atoms with Gasteiger partial charge in [-0.1, -0.05) is 147 Å². The molecule has 0 saturated heterocycles. The molecule has 0 saturated carbocycles. The lowest BCUT2D eigenvalue weighted by atomic mass is 9.59. The summed E-state index contributed by atoms with van der Waals surface area (Å²) in [6.45, 7) is 21.2. The molecule has 5 heteroatoms. The van der Waals surface area contributed by atoms with Crippen molar-refractivity contribution in [2.45, 2.75) is 96.8 Å². The summed E-state index contributed by atoms with van der Waals surface area (Å²) in [7, 11) is 0.771. The average Bonchev–Trinajstić information content (AvgIpc) is 4.03. The van der Waals surface area contributed by atoms with E-state index >= 15 is 0 Å². The number of hydrogen-bond acceptors (Lipinski definition) is 3. The monoisotopic (exact) mass is 882 g/mol. The fourth-order valence-corrected chi connectivity index (χ4v) is 12.9. The topological polar surface area (TPSA) is 43.2 Å². The lowest BCUT2D eigenvalue weighted by Gasteiger charge is -2.41. The van der Waals surface area contributed by atoms with E-state index in [4.69, 9.17) is 8.83 Å². The maximum Gasteiger partial charge on any atom is 0.198 e. The van der Waals surface area contributed by atoms with Crippen LogP contribution >= 0.6 is 0 Å². The minimum Gasteiger partial charge on any atom is -0.456 e. The number of fused-ring (bicyclic) bond motifs is 16. The molecular weight excluding hydrogens is 828 g/mol. The van der Waals surface area contributed by atoms with Crippen LogP contribution in [0.5, 0.6) is 0 Å². The number of benzene rings is 8. The van der Waals surface area contributed by atoms with Crippen LogP contribution in [0.4, 0.5) is 11.4 Å². The molecule has 1 aliphatic heterocycles. The Bertz CT molecular complexity index is 4030. The lowest BCUT2D eigenvalue weighted by molar-refractivity contribution is 0.332. The van der Waals surface area contributed by atoms with Gasteiger partial charge in [-0.05, 0) is 128 Å². The molecule has 0 radical (unpaired) electrons. The lowest BCUT2D eigenvalue weighted by Crippen LogP contribution is -2.37. The number of anilines is 2. The second-order valence-electron chi connectivity index (χ2n) is 23.2. The third-order valence-electron chi connectivity index (χ3n) is 16.8. The fourth-order valence-electron chi connectivity index (χ4n) is 12.9. The van der Waals surface area contributed by atoms with Gasteiger partial charge in [0.25, 0.3) is 0 Å². The SMILES string of the molecule is CC(C)(C)c1ccc(Nc2cc3c(cc2-c2ccc4c5c6c(ccc5n5c4c2Bc2cc4c(cc2-5)oc2ccccc24)C(C)(C)c2ccccc2-6)oc2cc4c(cc23)C(C)(C)CCC4(C)C)cc1. The molecule has 0 fully saturated rings. The summed E-state index contributed by atoms with van der Waals surface area (Å²) in [5, 5.41) is 11.2. The van der Waals surface area contributed by atoms with Gasteiger partial charge < -0.3 is 18.7 Å². The quantitative estimate of drug-likeness (QED) is 0.180. The second kappa shape index (κ2) is 13.2. The molecular formula is C63H55BN2O2. The van der Waals surface area contributed by atoms with Crippen LogP contribution in [0.1, 0.15) is 103 Å². The van der Waals surface area contributed by atoms with E-state index in [2.05, 4.69) is 206 Å². The van der Waals surface area contributed by atoms with Crippen molar-refractivity contribution in [3.8, 4) is 27.9 Å². The summed E-state index contributed by atoms with van der Waals surface area (Å²) in [5.74, 6) is 0. The first-order valence-corrected chi connectivity index (χ1v) is 24.7. The normalized spacial score (nSPS) is 16.4. The molecule has 0 amide bonds. The molecule has 0 spiro atoms. The number of hydrogen-bond donors (Lipinski definition) is 1. The van der Waals surface area contributed by atoms with Gasteiger partial charge >= 0.3 is 0 Å². The summed E-state index contributed by atoms with van der Waals surface area (Å²) >= 11 is 0. The van der Waals surface area contributed by atoms with Crippen LogP contribution in [0.25, 0.3) is 93.6 Å². The van der Waals surface area contributed by atoms with Gasteiger partial charge in [0.2, 0.25) is 0 Å². The molecule has 332 valence electrons. The highest BCUT2D eigenvalue weighted by molar-refractivity contribution is 6.74. The predicted molar refractivity (Wildman–Crippen MR) is 288 cm³/mol. The molecule has 8 aromatic carbocycles. The van der Waals surface area contributed by atoms with Crippen molar-refractivity contribution in [3.05, 3.63) is 161 Å². The first-order valence-electron chi connectivity index (χ1n) is 24.7. The van der Waals surface area contributed by atoms with Crippen LogP contribution < -0.4 is 16.2 Å². The van der Waals surface area contributed by atoms with E-state index in [1.54, 1.807) is 0 Å². The minimum absolute atomic E-state index is 0.0544. The Labute approximate surface area is 398 Å². The Morgan fingerprint density at radius 1 is 0.544 bits per heavy atom. The molecule has 3 aliphatic rings. The smallest absolute Gasteiger partial charge is 0.198 e. The van der Waals surface area contributed by atoms with Gasteiger partial charge in [0.15, 0.2) is 7.28 Å². The summed E-state index contributed by atoms with van der Waals surface area (Å²) in [5.41, 5.74) is 24.2. The van der Waals surface area contributed by atoms with Gasteiger partial charge in [-0.3, -0.25) is 0 Å². The molecule has 1 N–H and O–H groups in total. The van der Waals surface area contributed by atoms with Crippen LogP contribution in [-0.2, 0) is 21.7 Å². The van der Waals surface area contributed by atoms with E-state index in [1.165, 1.54) is 88.3 Å². The van der Waals surface area contributed by atoms with Crippen molar-refractivity contribution in [3.63, 3.8) is 0 Å². The van der Waals surface area contributed by atoms with Gasteiger partial charge in [-0.15, -0.1) is 0 Å². The molecule has 68 heavy (non-hydrogen) atoms. The van der Waals surface area contributed by atoms with E-state index < -0.39 is 0 Å². The fraction of sp³-hybridized carbons (Fsp3) is 0.238. The molecule has 0 unspecified atom stereocenters. The van der Waals surface area contributed by atoms with Gasteiger partial charge in [-0.2, -0.15) is 0 Å². The number of rotatable bonds is 3. The zero-order valence-corrected chi connectivity index (χ0v) is 40.6. The van der Waals surface area contributed by atoms with Crippen molar-refractivity contribution in [1.82, 2.24) is 4.57 Å². The van der Waals surface area contributed by atoms with Crippen molar-refractivity contribution in [2.24, 2.45) is 0 Å². The van der Waals surface area contributed by atoms with E-state index in [0.29, 0.717) is 0 Å². The predicted octanol–water partition coefficient (Wildman–Crippen LogP) is 15.6. The Morgan fingerprint density at radius 3 is 2.01 bits per heavy atom. The molecule has 4 nitrogen and oxygen atoms in total. The van der Waals surface area contributed by atoms with E-state index in [1.807, 2.05) is 0 Å². The van der Waals surface area contributed by atoms with Crippen molar-refractivity contribution in [2.75, 3.05) is 5.32 Å². The highest BCUT2D eigenvalue weighted by Gasteiger charge is 2.40. The van der Waals surface area contributed by atoms with Gasteiger partial charge in [0.1, 0.15) is 22.3 Å². The number of nitrogens with one attached hydrogen (secondary N) is 1. The Hall–Kier alpha value is -6.98. The van der Waals surface area contributed by atoms with Crippen molar-refractivity contribution < 1.29 is 8.83 Å². The molecule has 11 aromatic rings. The second-order valence-corrected chi connectivity index (χ2v) is 23.2. The maximum atomic E-state index is 7.04. The molecule has 14 rings (SSSR count). The van der Waals surface area contributed by atoms with Crippen LogP contribution in [0.2, 0.25) is 0 Å². The Balaban J connectivity index is 1.07. The standard InChI is InChI=1S/C63H55BN2O2/c1-60(2,3)34-18-20-35(21-19-34)65-49-30-43-41-28-46-47(62(6,7)27-26-61(46,4)5)32-54(41)68-53(43)31-40(49)37-22-23-39-57-50(25-24-45-56(57)38-15-10-12-16-44(38)63(45,8)9)66-51-33-55-42(29-48(51)64-58(37)59(39)66)36-14-11-13-17-52(36)67-55/h10-25,28-33,64-65H,26-27H2,1-9H3. The van der Waals surface area contributed by atoms with E-state index in [-0.39, 0.29) is 21.7 Å². The Kier molecular flexibility index (Phi) is 7.77. The summed E-state index contributed by atoms with van der Waals surface area (Å²) in [4.78, 5) is 0. The van der Waals surface area contributed by atoms with Gasteiger partial charge in [0, 0.05) is 71.9 Å². The highest BCUT2D eigenvalue weighted by Crippen LogP contribution is 2.54. The molecule has 0 atom stereocenters. The van der Waals surface area contributed by atoms with E-state index in [9.17, 15) is 0 Å². The molecule has 2 aliphatic carbocycles. The first kappa shape index (κ1) is 40.1. The number of aromatic nitrogens is 1.